The molecule has 0 saturated carbocycles. The SMILES string of the molecule is CCCCN(C)Cc1ccnc(Nc2ncc(-c3ccccc3)o2)c1. The summed E-state index contributed by atoms with van der Waals surface area (Å²) < 4.78 is 5.78. The second-order valence-corrected chi connectivity index (χ2v) is 6.16. The zero-order chi connectivity index (χ0) is 17.5. The molecular weight excluding hydrogens is 312 g/mol. The van der Waals surface area contributed by atoms with Gasteiger partial charge in [-0.2, -0.15) is 0 Å². The maximum atomic E-state index is 5.78. The summed E-state index contributed by atoms with van der Waals surface area (Å²) in [6.07, 6.45) is 5.96. The van der Waals surface area contributed by atoms with Crippen LogP contribution >= 0.6 is 0 Å². The van der Waals surface area contributed by atoms with Crippen molar-refractivity contribution in [3.63, 3.8) is 0 Å². The number of nitrogens with one attached hydrogen (secondary N) is 1. The summed E-state index contributed by atoms with van der Waals surface area (Å²) in [5.41, 5.74) is 2.22. The summed E-state index contributed by atoms with van der Waals surface area (Å²) in [5, 5.41) is 3.14. The molecule has 0 saturated heterocycles. The first-order valence-corrected chi connectivity index (χ1v) is 8.66. The Morgan fingerprint density at radius 1 is 1.12 bits per heavy atom. The van der Waals surface area contributed by atoms with Gasteiger partial charge in [-0.05, 0) is 37.7 Å². The number of hydrogen-bond acceptors (Lipinski definition) is 5. The van der Waals surface area contributed by atoms with Crippen LogP contribution in [-0.2, 0) is 6.54 Å². The number of oxazole rings is 1. The molecule has 0 aliphatic heterocycles. The molecule has 0 fully saturated rings. The van der Waals surface area contributed by atoms with Crippen LogP contribution in [0.1, 0.15) is 25.3 Å². The van der Waals surface area contributed by atoms with Crippen LogP contribution in [0, 0.1) is 0 Å². The van der Waals surface area contributed by atoms with E-state index >= 15 is 0 Å². The van der Waals surface area contributed by atoms with Gasteiger partial charge >= 0.3 is 6.01 Å². The van der Waals surface area contributed by atoms with Crippen LogP contribution < -0.4 is 5.32 Å². The standard InChI is InChI=1S/C20H24N4O/c1-3-4-12-24(2)15-16-10-11-21-19(13-16)23-20-22-14-18(25-20)17-8-6-5-7-9-17/h5-11,13-14H,3-4,12,15H2,1-2H3,(H,21,22,23). The molecule has 0 aliphatic rings. The van der Waals surface area contributed by atoms with Gasteiger partial charge in [-0.15, -0.1) is 0 Å². The van der Waals surface area contributed by atoms with Crippen molar-refractivity contribution in [2.24, 2.45) is 0 Å². The van der Waals surface area contributed by atoms with E-state index in [1.807, 2.05) is 48.7 Å². The summed E-state index contributed by atoms with van der Waals surface area (Å²) in [6.45, 7) is 4.21. The fourth-order valence-electron chi connectivity index (χ4n) is 2.64. The Morgan fingerprint density at radius 2 is 1.96 bits per heavy atom. The number of unbranched alkanes of at least 4 members (excludes halogenated alkanes) is 1. The Hall–Kier alpha value is -2.66. The van der Waals surface area contributed by atoms with E-state index in [0.717, 1.165) is 30.2 Å². The lowest BCUT2D eigenvalue weighted by Gasteiger charge is -2.16. The van der Waals surface area contributed by atoms with Gasteiger partial charge in [0.1, 0.15) is 5.82 Å². The Kier molecular flexibility index (Phi) is 5.80. The highest BCUT2D eigenvalue weighted by atomic mass is 16.4. The first-order chi connectivity index (χ1) is 12.2. The lowest BCUT2D eigenvalue weighted by atomic mass is 10.2. The van der Waals surface area contributed by atoms with E-state index in [4.69, 9.17) is 4.42 Å². The molecule has 0 radical (unpaired) electrons. The monoisotopic (exact) mass is 336 g/mol. The van der Waals surface area contributed by atoms with Crippen LogP contribution in [0.4, 0.5) is 11.8 Å². The average molecular weight is 336 g/mol. The van der Waals surface area contributed by atoms with Gasteiger partial charge in [0.25, 0.3) is 0 Å². The normalized spacial score (nSPS) is 11.0. The topological polar surface area (TPSA) is 54.2 Å². The van der Waals surface area contributed by atoms with Gasteiger partial charge in [0.2, 0.25) is 0 Å². The van der Waals surface area contributed by atoms with Crippen LogP contribution in [-0.4, -0.2) is 28.5 Å². The van der Waals surface area contributed by atoms with Crippen molar-refractivity contribution in [2.45, 2.75) is 26.3 Å². The van der Waals surface area contributed by atoms with Crippen molar-refractivity contribution in [2.75, 3.05) is 18.9 Å². The van der Waals surface area contributed by atoms with Crippen molar-refractivity contribution in [3.05, 3.63) is 60.4 Å². The van der Waals surface area contributed by atoms with E-state index in [0.29, 0.717) is 6.01 Å². The van der Waals surface area contributed by atoms with Crippen LogP contribution in [0.25, 0.3) is 11.3 Å². The zero-order valence-corrected chi connectivity index (χ0v) is 14.8. The predicted molar refractivity (Wildman–Crippen MR) is 101 cm³/mol. The molecule has 0 atom stereocenters. The summed E-state index contributed by atoms with van der Waals surface area (Å²) in [4.78, 5) is 11.0. The number of anilines is 2. The molecule has 0 amide bonds. The number of benzene rings is 1. The van der Waals surface area contributed by atoms with E-state index in [2.05, 4.69) is 34.2 Å². The number of hydrogen-bond donors (Lipinski definition) is 1. The maximum Gasteiger partial charge on any atom is 0.300 e. The minimum Gasteiger partial charge on any atom is -0.423 e. The molecule has 3 aromatic rings. The third-order valence-corrected chi connectivity index (χ3v) is 3.97. The van der Waals surface area contributed by atoms with Crippen LogP contribution in [0.3, 0.4) is 0 Å². The predicted octanol–water partition coefficient (Wildman–Crippen LogP) is 4.71. The van der Waals surface area contributed by atoms with Gasteiger partial charge < -0.3 is 9.32 Å². The summed E-state index contributed by atoms with van der Waals surface area (Å²) >= 11 is 0. The quantitative estimate of drug-likeness (QED) is 0.645. The fraction of sp³-hybridized carbons (Fsp3) is 0.300. The highest BCUT2D eigenvalue weighted by Gasteiger charge is 2.08. The molecule has 5 nitrogen and oxygen atoms in total. The van der Waals surface area contributed by atoms with Gasteiger partial charge in [0.15, 0.2) is 5.76 Å². The molecule has 0 aliphatic carbocycles. The number of nitrogens with zero attached hydrogens (tertiary/aromatic N) is 3. The molecule has 1 N–H and O–H groups in total. The molecule has 0 bridgehead atoms. The molecular formula is C20H24N4O. The maximum absolute atomic E-state index is 5.78. The minimum atomic E-state index is 0.447. The second kappa shape index (κ2) is 8.44. The van der Waals surface area contributed by atoms with Crippen molar-refractivity contribution in [3.8, 4) is 11.3 Å². The Morgan fingerprint density at radius 3 is 2.76 bits per heavy atom. The number of aromatic nitrogens is 2. The van der Waals surface area contributed by atoms with Crippen molar-refractivity contribution < 1.29 is 4.42 Å². The summed E-state index contributed by atoms with van der Waals surface area (Å²) in [5.74, 6) is 1.47. The zero-order valence-electron chi connectivity index (χ0n) is 14.8. The molecule has 5 heteroatoms. The third-order valence-electron chi connectivity index (χ3n) is 3.97. The van der Waals surface area contributed by atoms with E-state index < -0.39 is 0 Å². The van der Waals surface area contributed by atoms with Crippen LogP contribution in [0.15, 0.2) is 59.3 Å². The second-order valence-electron chi connectivity index (χ2n) is 6.16. The largest absolute Gasteiger partial charge is 0.423 e. The highest BCUT2D eigenvalue weighted by Crippen LogP contribution is 2.23. The fourth-order valence-corrected chi connectivity index (χ4v) is 2.64. The molecule has 0 unspecified atom stereocenters. The van der Waals surface area contributed by atoms with E-state index in [1.54, 1.807) is 6.20 Å². The van der Waals surface area contributed by atoms with Crippen molar-refractivity contribution >= 4 is 11.8 Å². The van der Waals surface area contributed by atoms with E-state index in [1.165, 1.54) is 18.4 Å². The van der Waals surface area contributed by atoms with Crippen LogP contribution in [0.5, 0.6) is 0 Å². The number of rotatable bonds is 8. The van der Waals surface area contributed by atoms with E-state index in [9.17, 15) is 0 Å². The molecule has 130 valence electrons. The molecule has 25 heavy (non-hydrogen) atoms. The first kappa shape index (κ1) is 17.2. The third kappa shape index (κ3) is 4.90. The van der Waals surface area contributed by atoms with Gasteiger partial charge in [0, 0.05) is 18.3 Å². The summed E-state index contributed by atoms with van der Waals surface area (Å²) in [6, 6.07) is 14.4. The Balaban J connectivity index is 1.65. The lowest BCUT2D eigenvalue weighted by Crippen LogP contribution is -2.19. The summed E-state index contributed by atoms with van der Waals surface area (Å²) in [7, 11) is 2.14. The molecule has 2 aromatic heterocycles. The van der Waals surface area contributed by atoms with Crippen molar-refractivity contribution in [1.29, 1.82) is 0 Å². The molecule has 1 aromatic carbocycles. The lowest BCUT2D eigenvalue weighted by molar-refractivity contribution is 0.321. The van der Waals surface area contributed by atoms with Gasteiger partial charge in [-0.25, -0.2) is 9.97 Å². The average Bonchev–Trinajstić information content (AvgIpc) is 3.09. The van der Waals surface area contributed by atoms with E-state index in [-0.39, 0.29) is 0 Å². The molecule has 2 heterocycles. The smallest absolute Gasteiger partial charge is 0.300 e. The van der Waals surface area contributed by atoms with Crippen LogP contribution in [0.2, 0.25) is 0 Å². The Labute approximate surface area is 148 Å². The highest BCUT2D eigenvalue weighted by molar-refractivity contribution is 5.58. The molecule has 0 spiro atoms. The van der Waals surface area contributed by atoms with Gasteiger partial charge in [-0.3, -0.25) is 5.32 Å². The van der Waals surface area contributed by atoms with Gasteiger partial charge in [-0.1, -0.05) is 43.7 Å². The minimum absolute atomic E-state index is 0.447. The van der Waals surface area contributed by atoms with Gasteiger partial charge in [0.05, 0.1) is 6.20 Å². The first-order valence-electron chi connectivity index (χ1n) is 8.66. The Bertz CT molecular complexity index is 785. The molecule has 3 rings (SSSR count). The number of pyridine rings is 1. The van der Waals surface area contributed by atoms with Crippen molar-refractivity contribution in [1.82, 2.24) is 14.9 Å².